The lowest BCUT2D eigenvalue weighted by Gasteiger charge is -2.08. The predicted octanol–water partition coefficient (Wildman–Crippen LogP) is 3.51. The molecule has 19 heavy (non-hydrogen) atoms. The highest BCUT2D eigenvalue weighted by Crippen LogP contribution is 2.25. The third kappa shape index (κ3) is 2.06. The summed E-state index contributed by atoms with van der Waals surface area (Å²) in [6, 6.07) is 15.6. The van der Waals surface area contributed by atoms with Crippen LogP contribution in [0.5, 0.6) is 0 Å². The second kappa shape index (κ2) is 4.53. The van der Waals surface area contributed by atoms with Crippen molar-refractivity contribution < 1.29 is 4.79 Å². The van der Waals surface area contributed by atoms with E-state index in [1.807, 2.05) is 48.5 Å². The van der Waals surface area contributed by atoms with Crippen LogP contribution in [0.2, 0.25) is 0 Å². The monoisotopic (exact) mass is 248 g/mol. The summed E-state index contributed by atoms with van der Waals surface area (Å²) in [6.45, 7) is 3.46. The number of para-hydroxylation sites is 1. The average Bonchev–Trinajstić information content (AvgIpc) is 2.45. The third-order valence-corrected chi connectivity index (χ3v) is 3.00. The van der Waals surface area contributed by atoms with Crippen molar-refractivity contribution in [1.29, 1.82) is 0 Å². The number of aromatic nitrogens is 1. The number of hydrogen-bond acceptors (Lipinski definition) is 2. The number of hydrogen-bond donors (Lipinski definition) is 1. The maximum absolute atomic E-state index is 11.4. The molecule has 0 bridgehead atoms. The van der Waals surface area contributed by atoms with Gasteiger partial charge < -0.3 is 5.32 Å². The summed E-state index contributed by atoms with van der Waals surface area (Å²) in [5.74, 6) is -0.222. The standard InChI is InChI=1S/C16H12N2O/c1-2-16(19)18-15-9-5-8-14-12(15)10-11-6-3-4-7-13(11)17-14/h2-10H,1H2,(H,18,19). The SMILES string of the molecule is C=CC(=O)Nc1cccc2nc3ccccc3cc12. The Balaban J connectivity index is 2.25. The summed E-state index contributed by atoms with van der Waals surface area (Å²) >= 11 is 0. The van der Waals surface area contributed by atoms with E-state index in [1.165, 1.54) is 6.08 Å². The van der Waals surface area contributed by atoms with Gasteiger partial charge in [-0.25, -0.2) is 4.98 Å². The van der Waals surface area contributed by atoms with Gasteiger partial charge in [-0.15, -0.1) is 0 Å². The molecule has 3 aromatic rings. The van der Waals surface area contributed by atoms with Gasteiger partial charge in [0.25, 0.3) is 0 Å². The van der Waals surface area contributed by atoms with Gasteiger partial charge in [-0.3, -0.25) is 4.79 Å². The molecule has 0 unspecified atom stereocenters. The summed E-state index contributed by atoms with van der Waals surface area (Å²) < 4.78 is 0. The van der Waals surface area contributed by atoms with Gasteiger partial charge in [0, 0.05) is 10.8 Å². The number of fused-ring (bicyclic) bond motifs is 2. The van der Waals surface area contributed by atoms with Gasteiger partial charge in [0.15, 0.2) is 0 Å². The van der Waals surface area contributed by atoms with Gasteiger partial charge in [-0.2, -0.15) is 0 Å². The van der Waals surface area contributed by atoms with Crippen LogP contribution in [0.15, 0.2) is 61.2 Å². The van der Waals surface area contributed by atoms with Crippen molar-refractivity contribution >= 4 is 33.4 Å². The molecule has 0 fully saturated rings. The Bertz CT molecular complexity index is 793. The molecule has 0 aliphatic carbocycles. The zero-order valence-corrected chi connectivity index (χ0v) is 10.3. The number of benzene rings is 2. The molecule has 1 aromatic heterocycles. The number of carbonyl (C=O) groups excluding carboxylic acids is 1. The first-order chi connectivity index (χ1) is 9.28. The second-order valence-corrected chi connectivity index (χ2v) is 4.25. The van der Waals surface area contributed by atoms with E-state index in [-0.39, 0.29) is 5.91 Å². The number of nitrogens with one attached hydrogen (secondary N) is 1. The smallest absolute Gasteiger partial charge is 0.247 e. The van der Waals surface area contributed by atoms with Crippen molar-refractivity contribution in [2.24, 2.45) is 0 Å². The largest absolute Gasteiger partial charge is 0.322 e. The summed E-state index contributed by atoms with van der Waals surface area (Å²) in [6.07, 6.45) is 1.26. The van der Waals surface area contributed by atoms with Crippen molar-refractivity contribution in [3.63, 3.8) is 0 Å². The van der Waals surface area contributed by atoms with Crippen LogP contribution in [0, 0.1) is 0 Å². The Labute approximate surface area is 110 Å². The Hall–Kier alpha value is -2.68. The van der Waals surface area contributed by atoms with Crippen LogP contribution < -0.4 is 5.32 Å². The van der Waals surface area contributed by atoms with Crippen molar-refractivity contribution in [2.75, 3.05) is 5.32 Å². The first-order valence-corrected chi connectivity index (χ1v) is 6.00. The molecule has 1 amide bonds. The highest BCUT2D eigenvalue weighted by Gasteiger charge is 2.05. The van der Waals surface area contributed by atoms with E-state index in [1.54, 1.807) is 0 Å². The van der Waals surface area contributed by atoms with E-state index in [9.17, 15) is 4.79 Å². The van der Waals surface area contributed by atoms with Gasteiger partial charge in [0.05, 0.1) is 16.7 Å². The van der Waals surface area contributed by atoms with Gasteiger partial charge >= 0.3 is 0 Å². The molecule has 0 atom stereocenters. The molecule has 0 saturated heterocycles. The number of carbonyl (C=O) groups is 1. The van der Waals surface area contributed by atoms with Crippen LogP contribution in [0.25, 0.3) is 21.8 Å². The minimum atomic E-state index is -0.222. The highest BCUT2D eigenvalue weighted by molar-refractivity contribution is 6.07. The summed E-state index contributed by atoms with van der Waals surface area (Å²) in [4.78, 5) is 16.0. The Kier molecular flexibility index (Phi) is 2.72. The average molecular weight is 248 g/mol. The second-order valence-electron chi connectivity index (χ2n) is 4.25. The molecule has 0 aliphatic rings. The fraction of sp³-hybridized carbons (Fsp3) is 0. The molecule has 0 saturated carbocycles. The maximum Gasteiger partial charge on any atom is 0.247 e. The summed E-state index contributed by atoms with van der Waals surface area (Å²) in [5, 5.41) is 4.78. The molecular formula is C16H12N2O. The Morgan fingerprint density at radius 3 is 2.74 bits per heavy atom. The minimum absolute atomic E-state index is 0.222. The minimum Gasteiger partial charge on any atom is -0.322 e. The quantitative estimate of drug-likeness (QED) is 0.557. The summed E-state index contributed by atoms with van der Waals surface area (Å²) in [7, 11) is 0. The van der Waals surface area contributed by atoms with Crippen LogP contribution in [-0.2, 0) is 4.79 Å². The number of amides is 1. The Morgan fingerprint density at radius 2 is 1.89 bits per heavy atom. The van der Waals surface area contributed by atoms with Gasteiger partial charge in [0.1, 0.15) is 0 Å². The number of anilines is 1. The van der Waals surface area contributed by atoms with Gasteiger partial charge in [0.2, 0.25) is 5.91 Å². The van der Waals surface area contributed by atoms with Crippen molar-refractivity contribution in [1.82, 2.24) is 4.98 Å². The van der Waals surface area contributed by atoms with E-state index in [4.69, 9.17) is 0 Å². The molecule has 0 radical (unpaired) electrons. The normalized spacial score (nSPS) is 10.5. The zero-order valence-electron chi connectivity index (χ0n) is 10.3. The molecule has 3 heteroatoms. The van der Waals surface area contributed by atoms with Crippen molar-refractivity contribution in [3.05, 3.63) is 61.2 Å². The fourth-order valence-electron chi connectivity index (χ4n) is 2.09. The van der Waals surface area contributed by atoms with Crippen molar-refractivity contribution in [2.45, 2.75) is 0 Å². The van der Waals surface area contributed by atoms with E-state index in [2.05, 4.69) is 16.9 Å². The molecule has 1 N–H and O–H groups in total. The topological polar surface area (TPSA) is 42.0 Å². The lowest BCUT2D eigenvalue weighted by atomic mass is 10.1. The molecule has 1 heterocycles. The molecular weight excluding hydrogens is 236 g/mol. The number of nitrogens with zero attached hydrogens (tertiary/aromatic N) is 1. The molecule has 0 spiro atoms. The van der Waals surface area contributed by atoms with Crippen LogP contribution in [0.3, 0.4) is 0 Å². The van der Waals surface area contributed by atoms with Crippen LogP contribution >= 0.6 is 0 Å². The van der Waals surface area contributed by atoms with Gasteiger partial charge in [-0.1, -0.05) is 30.8 Å². The van der Waals surface area contributed by atoms with E-state index >= 15 is 0 Å². The van der Waals surface area contributed by atoms with E-state index < -0.39 is 0 Å². The number of rotatable bonds is 2. The van der Waals surface area contributed by atoms with Crippen LogP contribution in [-0.4, -0.2) is 10.9 Å². The van der Waals surface area contributed by atoms with Crippen LogP contribution in [0.1, 0.15) is 0 Å². The number of pyridine rings is 1. The molecule has 2 aromatic carbocycles. The lowest BCUT2D eigenvalue weighted by Crippen LogP contribution is -2.07. The first kappa shape index (κ1) is 11.4. The molecule has 0 aliphatic heterocycles. The van der Waals surface area contributed by atoms with E-state index in [0.29, 0.717) is 0 Å². The van der Waals surface area contributed by atoms with Crippen molar-refractivity contribution in [3.8, 4) is 0 Å². The lowest BCUT2D eigenvalue weighted by molar-refractivity contribution is -0.111. The maximum atomic E-state index is 11.4. The Morgan fingerprint density at radius 1 is 1.11 bits per heavy atom. The predicted molar refractivity (Wildman–Crippen MR) is 78.1 cm³/mol. The third-order valence-electron chi connectivity index (χ3n) is 3.00. The molecule has 3 rings (SSSR count). The molecule has 3 nitrogen and oxygen atoms in total. The molecule has 92 valence electrons. The first-order valence-electron chi connectivity index (χ1n) is 6.00. The van der Waals surface area contributed by atoms with Gasteiger partial charge in [-0.05, 0) is 30.3 Å². The zero-order chi connectivity index (χ0) is 13.2. The fourth-order valence-corrected chi connectivity index (χ4v) is 2.09. The summed E-state index contributed by atoms with van der Waals surface area (Å²) in [5.41, 5.74) is 2.56. The highest BCUT2D eigenvalue weighted by atomic mass is 16.1. The van der Waals surface area contributed by atoms with E-state index in [0.717, 1.165) is 27.5 Å². The van der Waals surface area contributed by atoms with Crippen LogP contribution in [0.4, 0.5) is 5.69 Å².